The van der Waals surface area contributed by atoms with Crippen LogP contribution in [0.25, 0.3) is 0 Å². The minimum atomic E-state index is -0.355. The zero-order valence-corrected chi connectivity index (χ0v) is 15.7. The lowest BCUT2D eigenvalue weighted by molar-refractivity contribution is -0.147. The number of hydrazone groups is 1. The predicted octanol–water partition coefficient (Wildman–Crippen LogP) is 4.01. The second kappa shape index (κ2) is 5.61. The molecular weight excluding hydrogens is 382 g/mol. The van der Waals surface area contributed by atoms with Crippen molar-refractivity contribution in [1.29, 1.82) is 0 Å². The van der Waals surface area contributed by atoms with E-state index in [0.717, 1.165) is 54.0 Å². The predicted molar refractivity (Wildman–Crippen MR) is 98.7 cm³/mol. The fourth-order valence-corrected chi connectivity index (χ4v) is 4.52. The zero-order valence-electron chi connectivity index (χ0n) is 14.1. The molecule has 1 spiro atoms. The summed E-state index contributed by atoms with van der Waals surface area (Å²) in [5.74, 6) is 1.85. The van der Waals surface area contributed by atoms with Gasteiger partial charge in [0.05, 0.1) is 12.3 Å². The minimum Gasteiger partial charge on any atom is -0.466 e. The SMILES string of the molecule is CN1CCC2(CC1)Oc1ccc(Br)cc1C1CC(c3ccco3)=NN12. The second-order valence-corrected chi connectivity index (χ2v) is 8.04. The Hall–Kier alpha value is -1.79. The van der Waals surface area contributed by atoms with Gasteiger partial charge in [-0.1, -0.05) is 15.9 Å². The molecule has 3 aliphatic rings. The molecule has 25 heavy (non-hydrogen) atoms. The lowest BCUT2D eigenvalue weighted by Crippen LogP contribution is -2.58. The summed E-state index contributed by atoms with van der Waals surface area (Å²) in [6, 6.07) is 10.4. The van der Waals surface area contributed by atoms with Gasteiger partial charge in [0.2, 0.25) is 5.72 Å². The number of nitrogens with zero attached hydrogens (tertiary/aromatic N) is 3. The van der Waals surface area contributed by atoms with Crippen LogP contribution in [0.4, 0.5) is 0 Å². The van der Waals surface area contributed by atoms with Crippen molar-refractivity contribution in [2.45, 2.75) is 31.0 Å². The molecule has 1 aromatic heterocycles. The molecule has 4 heterocycles. The van der Waals surface area contributed by atoms with Crippen LogP contribution in [-0.4, -0.2) is 41.5 Å². The van der Waals surface area contributed by atoms with E-state index >= 15 is 0 Å². The summed E-state index contributed by atoms with van der Waals surface area (Å²) in [7, 11) is 2.17. The van der Waals surface area contributed by atoms with Crippen LogP contribution in [-0.2, 0) is 0 Å². The summed E-state index contributed by atoms with van der Waals surface area (Å²) in [6.45, 7) is 2.03. The molecule has 1 atom stereocenters. The highest BCUT2D eigenvalue weighted by Crippen LogP contribution is 2.50. The first-order chi connectivity index (χ1) is 12.1. The number of rotatable bonds is 1. The Morgan fingerprint density at radius 3 is 2.84 bits per heavy atom. The van der Waals surface area contributed by atoms with Gasteiger partial charge in [-0.3, -0.25) is 0 Å². The first-order valence-corrected chi connectivity index (χ1v) is 9.52. The van der Waals surface area contributed by atoms with E-state index in [-0.39, 0.29) is 11.8 Å². The van der Waals surface area contributed by atoms with Gasteiger partial charge in [-0.25, -0.2) is 5.01 Å². The van der Waals surface area contributed by atoms with Gasteiger partial charge in [0.1, 0.15) is 17.2 Å². The molecule has 5 rings (SSSR count). The maximum atomic E-state index is 6.58. The Labute approximate surface area is 155 Å². The van der Waals surface area contributed by atoms with E-state index in [1.807, 2.05) is 12.1 Å². The third kappa shape index (κ3) is 2.42. The van der Waals surface area contributed by atoms with Gasteiger partial charge in [0, 0.05) is 42.4 Å². The number of piperidine rings is 1. The third-order valence-electron chi connectivity index (χ3n) is 5.53. The van der Waals surface area contributed by atoms with Crippen LogP contribution in [0.5, 0.6) is 5.75 Å². The summed E-state index contributed by atoms with van der Waals surface area (Å²) >= 11 is 3.60. The number of halogens is 1. The first-order valence-electron chi connectivity index (χ1n) is 8.72. The molecule has 2 aromatic rings. The molecular formula is C19H20BrN3O2. The summed E-state index contributed by atoms with van der Waals surface area (Å²) in [5.41, 5.74) is 1.85. The molecule has 0 bridgehead atoms. The highest BCUT2D eigenvalue weighted by Gasteiger charge is 2.51. The smallest absolute Gasteiger partial charge is 0.200 e. The van der Waals surface area contributed by atoms with Gasteiger partial charge in [0.25, 0.3) is 0 Å². The second-order valence-electron chi connectivity index (χ2n) is 7.12. The van der Waals surface area contributed by atoms with Crippen LogP contribution in [0, 0.1) is 0 Å². The maximum Gasteiger partial charge on any atom is 0.200 e. The van der Waals surface area contributed by atoms with Crippen LogP contribution in [0.15, 0.2) is 50.6 Å². The number of furan rings is 1. The van der Waals surface area contributed by atoms with Gasteiger partial charge in [-0.15, -0.1) is 0 Å². The molecule has 0 aliphatic carbocycles. The molecule has 0 N–H and O–H groups in total. The van der Waals surface area contributed by atoms with E-state index in [0.29, 0.717) is 0 Å². The van der Waals surface area contributed by atoms with Gasteiger partial charge < -0.3 is 14.1 Å². The quantitative estimate of drug-likeness (QED) is 0.723. The van der Waals surface area contributed by atoms with Crippen LogP contribution >= 0.6 is 15.9 Å². The van der Waals surface area contributed by atoms with E-state index in [2.05, 4.69) is 51.1 Å². The van der Waals surface area contributed by atoms with E-state index in [1.165, 1.54) is 5.56 Å². The molecule has 1 unspecified atom stereocenters. The summed E-state index contributed by atoms with van der Waals surface area (Å²) in [5, 5.41) is 7.20. The Bertz CT molecular complexity index is 825. The number of fused-ring (bicyclic) bond motifs is 4. The average molecular weight is 402 g/mol. The summed E-state index contributed by atoms with van der Waals surface area (Å²) in [4.78, 5) is 2.36. The Balaban J connectivity index is 1.60. The Morgan fingerprint density at radius 2 is 2.08 bits per heavy atom. The fourth-order valence-electron chi connectivity index (χ4n) is 4.14. The monoisotopic (exact) mass is 401 g/mol. The molecule has 5 nitrogen and oxygen atoms in total. The number of hydrogen-bond acceptors (Lipinski definition) is 5. The first kappa shape index (κ1) is 15.5. The summed E-state index contributed by atoms with van der Waals surface area (Å²) < 4.78 is 13.3. The Morgan fingerprint density at radius 1 is 1.24 bits per heavy atom. The maximum absolute atomic E-state index is 6.58. The zero-order chi connectivity index (χ0) is 17.0. The van der Waals surface area contributed by atoms with Crippen LogP contribution in [0.1, 0.15) is 36.6 Å². The summed E-state index contributed by atoms with van der Waals surface area (Å²) in [6.07, 6.45) is 4.45. The minimum absolute atomic E-state index is 0.199. The normalized spacial score (nSPS) is 24.6. The van der Waals surface area contributed by atoms with Gasteiger partial charge >= 0.3 is 0 Å². The van der Waals surface area contributed by atoms with E-state index < -0.39 is 0 Å². The van der Waals surface area contributed by atoms with Crippen LogP contribution < -0.4 is 4.74 Å². The number of benzene rings is 1. The largest absolute Gasteiger partial charge is 0.466 e. The van der Waals surface area contributed by atoms with E-state index in [4.69, 9.17) is 14.3 Å². The van der Waals surface area contributed by atoms with Gasteiger partial charge in [-0.05, 0) is 37.4 Å². The van der Waals surface area contributed by atoms with Crippen molar-refractivity contribution in [3.05, 3.63) is 52.4 Å². The van der Waals surface area contributed by atoms with Crippen LogP contribution in [0.3, 0.4) is 0 Å². The van der Waals surface area contributed by atoms with E-state index in [9.17, 15) is 0 Å². The lowest BCUT2D eigenvalue weighted by Gasteiger charge is -2.50. The third-order valence-corrected chi connectivity index (χ3v) is 6.03. The molecule has 1 saturated heterocycles. The van der Waals surface area contributed by atoms with Crippen molar-refractivity contribution < 1.29 is 9.15 Å². The highest BCUT2D eigenvalue weighted by molar-refractivity contribution is 9.10. The van der Waals surface area contributed by atoms with Crippen molar-refractivity contribution in [3.8, 4) is 5.75 Å². The number of likely N-dealkylation sites (tertiary alicyclic amines) is 1. The van der Waals surface area contributed by atoms with Crippen molar-refractivity contribution in [2.24, 2.45) is 5.10 Å². The van der Waals surface area contributed by atoms with Gasteiger partial charge in [0.15, 0.2) is 0 Å². The van der Waals surface area contributed by atoms with Crippen molar-refractivity contribution in [3.63, 3.8) is 0 Å². The molecule has 0 saturated carbocycles. The molecule has 1 aromatic carbocycles. The topological polar surface area (TPSA) is 41.2 Å². The van der Waals surface area contributed by atoms with Crippen LogP contribution in [0.2, 0.25) is 0 Å². The number of hydrogen-bond donors (Lipinski definition) is 0. The molecule has 130 valence electrons. The van der Waals surface area contributed by atoms with Gasteiger partial charge in [-0.2, -0.15) is 5.10 Å². The highest BCUT2D eigenvalue weighted by atomic mass is 79.9. The van der Waals surface area contributed by atoms with E-state index in [1.54, 1.807) is 6.26 Å². The van der Waals surface area contributed by atoms with Crippen molar-refractivity contribution in [2.75, 3.05) is 20.1 Å². The molecule has 3 aliphatic heterocycles. The average Bonchev–Trinajstić information content (AvgIpc) is 3.28. The van der Waals surface area contributed by atoms with Crippen molar-refractivity contribution >= 4 is 21.6 Å². The molecule has 0 amide bonds. The molecule has 6 heteroatoms. The van der Waals surface area contributed by atoms with Crippen molar-refractivity contribution in [1.82, 2.24) is 9.91 Å². The number of ether oxygens (including phenoxy) is 1. The Kier molecular flexibility index (Phi) is 3.47. The lowest BCUT2D eigenvalue weighted by atomic mass is 9.91. The molecule has 1 fully saturated rings. The fraction of sp³-hybridized carbons (Fsp3) is 0.421. The molecule has 0 radical (unpaired) electrons. The standard InChI is InChI=1S/C19H20BrN3O2/c1-22-8-6-19(7-9-22)23-16(12-15(21-23)18-3-2-10-24-18)14-11-13(20)4-5-17(14)25-19/h2-5,10-11,16H,6-9,12H2,1H3.